The van der Waals surface area contributed by atoms with E-state index in [1.807, 2.05) is 13.8 Å². The van der Waals surface area contributed by atoms with Gasteiger partial charge in [0.15, 0.2) is 0 Å². The molecule has 108 valence electrons. The molecule has 0 saturated carbocycles. The number of urea groups is 1. The highest BCUT2D eigenvalue weighted by atomic mass is 28.4. The van der Waals surface area contributed by atoms with Crippen molar-refractivity contribution in [3.8, 4) is 0 Å². The van der Waals surface area contributed by atoms with E-state index in [-0.39, 0.29) is 6.03 Å². The predicted molar refractivity (Wildman–Crippen MR) is 72.5 cm³/mol. The van der Waals surface area contributed by atoms with Gasteiger partial charge in [-0.3, -0.25) is 0 Å². The zero-order valence-corrected chi connectivity index (χ0v) is 13.1. The van der Waals surface area contributed by atoms with Gasteiger partial charge in [0.1, 0.15) is 0 Å². The zero-order chi connectivity index (χ0) is 14.0. The lowest BCUT2D eigenvalue weighted by Crippen LogP contribution is -2.44. The number of carbonyl (C=O) groups excluding carboxylic acids is 1. The first-order valence-electron chi connectivity index (χ1n) is 6.27. The fraction of sp³-hybridized carbons (Fsp3) is 0.909. The van der Waals surface area contributed by atoms with E-state index in [1.54, 1.807) is 26.2 Å². The van der Waals surface area contributed by atoms with Crippen LogP contribution in [0.5, 0.6) is 0 Å². The summed E-state index contributed by atoms with van der Waals surface area (Å²) in [5, 5.41) is 2.79. The SMILES string of the molecule is CCNC(=O)N(CC)CCC[Si](OC)(OC)OC. The standard InChI is InChI=1S/C11H26N2O4Si/c1-6-12-11(14)13(7-2)9-8-10-18(15-3,16-4)17-5/h6-10H2,1-5H3,(H,12,14). The smallest absolute Gasteiger partial charge is 0.377 e. The number of amides is 2. The maximum atomic E-state index is 11.7. The van der Waals surface area contributed by atoms with Crippen molar-refractivity contribution < 1.29 is 18.1 Å². The summed E-state index contributed by atoms with van der Waals surface area (Å²) in [6, 6.07) is 0.673. The molecule has 0 saturated heterocycles. The Morgan fingerprint density at radius 2 is 1.72 bits per heavy atom. The van der Waals surface area contributed by atoms with Crippen LogP contribution >= 0.6 is 0 Å². The van der Waals surface area contributed by atoms with Gasteiger partial charge in [-0.1, -0.05) is 0 Å². The lowest BCUT2D eigenvalue weighted by Gasteiger charge is -2.26. The molecular formula is C11H26N2O4Si. The van der Waals surface area contributed by atoms with Gasteiger partial charge in [-0.2, -0.15) is 0 Å². The van der Waals surface area contributed by atoms with Crippen molar-refractivity contribution in [1.82, 2.24) is 10.2 Å². The summed E-state index contributed by atoms with van der Waals surface area (Å²) < 4.78 is 16.0. The molecule has 18 heavy (non-hydrogen) atoms. The van der Waals surface area contributed by atoms with E-state index in [4.69, 9.17) is 13.3 Å². The highest BCUT2D eigenvalue weighted by Crippen LogP contribution is 2.15. The van der Waals surface area contributed by atoms with Crippen LogP contribution in [0.3, 0.4) is 0 Å². The second-order valence-corrected chi connectivity index (χ2v) is 6.90. The first kappa shape index (κ1) is 17.4. The second-order valence-electron chi connectivity index (χ2n) is 3.81. The van der Waals surface area contributed by atoms with E-state index in [1.165, 1.54) is 0 Å². The maximum Gasteiger partial charge on any atom is 0.500 e. The second kappa shape index (κ2) is 9.32. The summed E-state index contributed by atoms with van der Waals surface area (Å²) in [4.78, 5) is 13.4. The highest BCUT2D eigenvalue weighted by Gasteiger charge is 2.37. The minimum absolute atomic E-state index is 0.0282. The van der Waals surface area contributed by atoms with Crippen molar-refractivity contribution in [3.05, 3.63) is 0 Å². The average Bonchev–Trinajstić information content (AvgIpc) is 2.40. The summed E-state index contributed by atoms with van der Waals surface area (Å²) in [6.07, 6.45) is 0.798. The van der Waals surface area contributed by atoms with Crippen LogP contribution < -0.4 is 5.32 Å². The van der Waals surface area contributed by atoms with Gasteiger partial charge in [-0.15, -0.1) is 0 Å². The molecule has 0 aliphatic carbocycles. The molecule has 2 amide bonds. The quantitative estimate of drug-likeness (QED) is 0.646. The number of rotatable bonds is 9. The third-order valence-electron chi connectivity index (χ3n) is 2.84. The van der Waals surface area contributed by atoms with Crippen LogP contribution in [0.2, 0.25) is 6.04 Å². The van der Waals surface area contributed by atoms with Gasteiger partial charge in [0.05, 0.1) is 0 Å². The average molecular weight is 278 g/mol. The Kier molecular flexibility index (Phi) is 8.99. The first-order valence-corrected chi connectivity index (χ1v) is 8.20. The summed E-state index contributed by atoms with van der Waals surface area (Å²) in [7, 11) is 2.28. The minimum atomic E-state index is -2.51. The normalized spacial score (nSPS) is 11.4. The highest BCUT2D eigenvalue weighted by molar-refractivity contribution is 6.60. The predicted octanol–water partition coefficient (Wildman–Crippen LogP) is 1.31. The molecule has 0 unspecified atom stereocenters. The molecule has 0 spiro atoms. The van der Waals surface area contributed by atoms with Crippen molar-refractivity contribution in [3.63, 3.8) is 0 Å². The summed E-state index contributed by atoms with van der Waals surface area (Å²) >= 11 is 0. The van der Waals surface area contributed by atoms with E-state index in [0.29, 0.717) is 25.7 Å². The fourth-order valence-electron chi connectivity index (χ4n) is 1.71. The van der Waals surface area contributed by atoms with Crippen molar-refractivity contribution in [2.24, 2.45) is 0 Å². The van der Waals surface area contributed by atoms with E-state index in [2.05, 4.69) is 5.32 Å². The lowest BCUT2D eigenvalue weighted by molar-refractivity contribution is 0.121. The van der Waals surface area contributed by atoms with Crippen LogP contribution in [0.4, 0.5) is 4.79 Å². The number of nitrogens with zero attached hydrogens (tertiary/aromatic N) is 1. The van der Waals surface area contributed by atoms with Crippen molar-refractivity contribution in [1.29, 1.82) is 0 Å². The van der Waals surface area contributed by atoms with E-state index < -0.39 is 8.80 Å². The zero-order valence-electron chi connectivity index (χ0n) is 12.1. The molecule has 0 bridgehead atoms. The molecule has 0 aromatic rings. The summed E-state index contributed by atoms with van der Waals surface area (Å²) in [5.41, 5.74) is 0. The van der Waals surface area contributed by atoms with Crippen molar-refractivity contribution in [2.45, 2.75) is 26.3 Å². The van der Waals surface area contributed by atoms with Gasteiger partial charge in [0, 0.05) is 47.0 Å². The van der Waals surface area contributed by atoms with Gasteiger partial charge in [0.25, 0.3) is 0 Å². The molecule has 0 rings (SSSR count). The Balaban J connectivity index is 4.17. The van der Waals surface area contributed by atoms with Gasteiger partial charge in [-0.25, -0.2) is 4.79 Å². The van der Waals surface area contributed by atoms with Gasteiger partial charge < -0.3 is 23.5 Å². The molecule has 0 aromatic carbocycles. The Morgan fingerprint density at radius 3 is 2.11 bits per heavy atom. The Hall–Kier alpha value is -0.633. The maximum absolute atomic E-state index is 11.7. The van der Waals surface area contributed by atoms with Crippen LogP contribution in [0.15, 0.2) is 0 Å². The van der Waals surface area contributed by atoms with Gasteiger partial charge >= 0.3 is 14.8 Å². The largest absolute Gasteiger partial charge is 0.500 e. The topological polar surface area (TPSA) is 60.0 Å². The van der Waals surface area contributed by atoms with E-state index in [9.17, 15) is 4.79 Å². The molecule has 0 aliphatic heterocycles. The molecule has 0 heterocycles. The van der Waals surface area contributed by atoms with Crippen LogP contribution in [0, 0.1) is 0 Å². The van der Waals surface area contributed by atoms with Gasteiger partial charge in [-0.05, 0) is 20.3 Å². The van der Waals surface area contributed by atoms with Crippen molar-refractivity contribution >= 4 is 14.8 Å². The van der Waals surface area contributed by atoms with Crippen LogP contribution in [0.1, 0.15) is 20.3 Å². The molecule has 7 heteroatoms. The van der Waals surface area contributed by atoms with Crippen LogP contribution in [0.25, 0.3) is 0 Å². The van der Waals surface area contributed by atoms with E-state index >= 15 is 0 Å². The Morgan fingerprint density at radius 1 is 1.17 bits per heavy atom. The Labute approximate surface area is 111 Å². The molecule has 0 atom stereocenters. The fourth-order valence-corrected chi connectivity index (χ4v) is 3.41. The number of carbonyl (C=O) groups is 1. The van der Waals surface area contributed by atoms with E-state index in [0.717, 1.165) is 6.42 Å². The first-order chi connectivity index (χ1) is 8.59. The third-order valence-corrected chi connectivity index (χ3v) is 5.67. The summed E-state index contributed by atoms with van der Waals surface area (Å²) in [5.74, 6) is 0. The van der Waals surface area contributed by atoms with Crippen LogP contribution in [-0.4, -0.2) is 60.7 Å². The third kappa shape index (κ3) is 5.34. The molecule has 6 nitrogen and oxygen atoms in total. The summed E-state index contributed by atoms with van der Waals surface area (Å²) in [6.45, 7) is 5.87. The van der Waals surface area contributed by atoms with Crippen LogP contribution in [-0.2, 0) is 13.3 Å². The number of nitrogens with one attached hydrogen (secondary N) is 1. The molecule has 0 radical (unpaired) electrons. The monoisotopic (exact) mass is 278 g/mol. The lowest BCUT2D eigenvalue weighted by atomic mass is 10.4. The minimum Gasteiger partial charge on any atom is -0.377 e. The van der Waals surface area contributed by atoms with Crippen molar-refractivity contribution in [2.75, 3.05) is 41.0 Å². The molecule has 1 N–H and O–H groups in total. The molecule has 0 aromatic heterocycles. The molecule has 0 fully saturated rings. The van der Waals surface area contributed by atoms with Gasteiger partial charge in [0.2, 0.25) is 0 Å². The Bertz CT molecular complexity index is 229. The number of hydrogen-bond acceptors (Lipinski definition) is 4. The molecular weight excluding hydrogens is 252 g/mol. The number of hydrogen-bond donors (Lipinski definition) is 1. The molecule has 0 aliphatic rings.